The Kier molecular flexibility index (Phi) is 12.9. The molecule has 49 heavy (non-hydrogen) atoms. The molecule has 5 rings (SSSR count). The van der Waals surface area contributed by atoms with Gasteiger partial charge in [-0.25, -0.2) is 0 Å². The molecule has 0 saturated heterocycles. The van der Waals surface area contributed by atoms with E-state index in [1.165, 1.54) is 14.2 Å². The minimum atomic E-state index is -0.833. The number of carbonyl (C=O) groups is 3. The maximum atomic E-state index is 12.1. The number of hydrogen-bond donors (Lipinski definition) is 1. The fourth-order valence-corrected chi connectivity index (χ4v) is 5.81. The molecule has 0 saturated carbocycles. The number of esters is 2. The van der Waals surface area contributed by atoms with Gasteiger partial charge in [-0.05, 0) is 51.7 Å². The van der Waals surface area contributed by atoms with Gasteiger partial charge < -0.3 is 34.5 Å². The van der Waals surface area contributed by atoms with E-state index in [-0.39, 0.29) is 41.8 Å². The minimum Gasteiger partial charge on any atom is -0.657 e. The van der Waals surface area contributed by atoms with Crippen LogP contribution in [0.4, 0.5) is 0 Å². The molecule has 0 atom stereocenters. The van der Waals surface area contributed by atoms with Crippen LogP contribution in [0.25, 0.3) is 36.5 Å². The summed E-state index contributed by atoms with van der Waals surface area (Å²) in [5, 5.41) is 10.4. The van der Waals surface area contributed by atoms with Crippen molar-refractivity contribution in [2.45, 2.75) is 60.3 Å². The van der Waals surface area contributed by atoms with Gasteiger partial charge in [0.15, 0.2) is 0 Å². The third kappa shape index (κ3) is 8.36. The maximum Gasteiger partial charge on any atom is 3.00 e. The molecule has 4 aromatic rings. The molecule has 10 nitrogen and oxygen atoms in total. The standard InChI is InChI=1S/C36H36N4O4.C2H4O2.Mn/c1-9-23-19(3)27-15-28-21(5)25(11-13-35(41)43-7)33(39-28)18-34-26(12-14-36(42)44-8)22(6)30(40-34)17-32-24(10-2)20(4)29(38-32)16-31(23)37-27;1-2(3)4;/h9-10,15-18H,1-2,11-14H2,3-8H3;1H3,(H,3,4);/q-4;;+3/b27-15-,28-15?,29-16?,30-17-,31-16-,32-17?,33-18?,34-18-;;. The monoisotopic (exact) mass is 703 g/mol. The van der Waals surface area contributed by atoms with Crippen LogP contribution in [0.1, 0.15) is 87.0 Å². The minimum absolute atomic E-state index is 0. The van der Waals surface area contributed by atoms with Gasteiger partial charge in [-0.3, -0.25) is 14.4 Å². The molecule has 256 valence electrons. The van der Waals surface area contributed by atoms with Crippen LogP contribution in [0.15, 0.2) is 13.2 Å². The van der Waals surface area contributed by atoms with Crippen LogP contribution in [-0.4, -0.2) is 37.2 Å². The third-order valence-electron chi connectivity index (χ3n) is 8.50. The summed E-state index contributed by atoms with van der Waals surface area (Å²) in [6.07, 6.45) is 12.8. The molecule has 11 heteroatoms. The second-order valence-electron chi connectivity index (χ2n) is 11.5. The summed E-state index contributed by atoms with van der Waals surface area (Å²) in [6.45, 7) is 17.2. The molecule has 1 aliphatic rings. The maximum absolute atomic E-state index is 12.1. The summed E-state index contributed by atoms with van der Waals surface area (Å²) in [6, 6.07) is 0. The molecular formula is C38H40MnN4O6-. The zero-order valence-corrected chi connectivity index (χ0v) is 30.0. The first-order chi connectivity index (χ1) is 22.8. The predicted octanol–water partition coefficient (Wildman–Crippen LogP) is 1.96. The van der Waals surface area contributed by atoms with Gasteiger partial charge in [0.1, 0.15) is 0 Å². The van der Waals surface area contributed by atoms with Gasteiger partial charge in [-0.2, -0.15) is 0 Å². The SMILES string of the molecule is C=Cc1c2[n-]c(c1C)/C=c1\[n-]/c(c(C)c1C=C)=C\c1[n-]c(c(CCC(=O)OC)c1C)/C=c1\[n-]/c(c(C)c1CCC(=O)OC)=C\2.CC(=O)O.[Mn+3]. The van der Waals surface area contributed by atoms with Crippen molar-refractivity contribution < 1.29 is 46.0 Å². The number of rotatable bonds is 8. The van der Waals surface area contributed by atoms with Gasteiger partial charge in [0.25, 0.3) is 5.97 Å². The van der Waals surface area contributed by atoms with E-state index in [0.717, 1.165) is 84.6 Å². The number of nitrogens with zero attached hydrogens (tertiary/aromatic N) is 4. The Morgan fingerprint density at radius 2 is 1.08 bits per heavy atom. The van der Waals surface area contributed by atoms with Crippen LogP contribution >= 0.6 is 0 Å². The van der Waals surface area contributed by atoms with E-state index in [4.69, 9.17) is 39.3 Å². The summed E-state index contributed by atoms with van der Waals surface area (Å²) in [5.41, 5.74) is 10.6. The molecule has 0 radical (unpaired) electrons. The van der Waals surface area contributed by atoms with Crippen molar-refractivity contribution in [1.82, 2.24) is 19.9 Å². The van der Waals surface area contributed by atoms with Crippen molar-refractivity contribution >= 4 is 54.4 Å². The van der Waals surface area contributed by atoms with Crippen molar-refractivity contribution in [1.29, 1.82) is 0 Å². The third-order valence-corrected chi connectivity index (χ3v) is 8.50. The first-order valence-electron chi connectivity index (χ1n) is 15.5. The number of aromatic nitrogens is 4. The average molecular weight is 704 g/mol. The van der Waals surface area contributed by atoms with E-state index in [9.17, 15) is 9.59 Å². The van der Waals surface area contributed by atoms with Crippen LogP contribution in [0.3, 0.4) is 0 Å². The van der Waals surface area contributed by atoms with Crippen molar-refractivity contribution in [3.05, 3.63) is 102 Å². The van der Waals surface area contributed by atoms with Crippen LogP contribution in [0.5, 0.6) is 0 Å². The van der Waals surface area contributed by atoms with Gasteiger partial charge in [0, 0.05) is 19.8 Å². The van der Waals surface area contributed by atoms with Crippen LogP contribution in [-0.2, 0) is 53.8 Å². The first-order valence-corrected chi connectivity index (χ1v) is 15.5. The zero-order chi connectivity index (χ0) is 35.3. The number of carbonyl (C=O) groups excluding carboxylic acids is 2. The number of fused-ring (bicyclic) bond motifs is 8. The molecule has 0 unspecified atom stereocenters. The molecule has 0 aromatic carbocycles. The first kappa shape index (κ1) is 38.5. The largest absolute Gasteiger partial charge is 3.00 e. The fourth-order valence-electron chi connectivity index (χ4n) is 5.81. The Balaban J connectivity index is 0.00000123. The number of aliphatic carboxylic acids is 1. The average Bonchev–Trinajstić information content (AvgIpc) is 3.71. The van der Waals surface area contributed by atoms with E-state index in [1.807, 2.05) is 64.2 Å². The smallest absolute Gasteiger partial charge is 0.657 e. The zero-order valence-electron chi connectivity index (χ0n) is 28.9. The number of ether oxygens (including phenoxy) is 2. The molecule has 0 fully saturated rings. The molecule has 4 aromatic heterocycles. The summed E-state index contributed by atoms with van der Waals surface area (Å²) < 4.78 is 9.86. The quantitative estimate of drug-likeness (QED) is 0.188. The summed E-state index contributed by atoms with van der Waals surface area (Å²) in [5.74, 6) is -1.42. The van der Waals surface area contributed by atoms with E-state index in [1.54, 1.807) is 0 Å². The molecular weight excluding hydrogens is 663 g/mol. The van der Waals surface area contributed by atoms with E-state index >= 15 is 0 Å². The Bertz CT molecular complexity index is 2170. The number of carboxylic acids is 1. The second-order valence-corrected chi connectivity index (χ2v) is 11.5. The van der Waals surface area contributed by atoms with Crippen LogP contribution < -0.4 is 41.3 Å². The molecule has 1 aliphatic heterocycles. The van der Waals surface area contributed by atoms with E-state index in [2.05, 4.69) is 13.2 Å². The summed E-state index contributed by atoms with van der Waals surface area (Å²) in [4.78, 5) is 53.3. The Morgan fingerprint density at radius 1 is 0.633 bits per heavy atom. The number of carboxylic acid groups (broad SMARTS) is 1. The van der Waals surface area contributed by atoms with E-state index in [0.29, 0.717) is 23.9 Å². The Morgan fingerprint density at radius 3 is 1.65 bits per heavy atom. The summed E-state index contributed by atoms with van der Waals surface area (Å²) >= 11 is 0. The van der Waals surface area contributed by atoms with Gasteiger partial charge in [0.05, 0.1) is 14.2 Å². The molecule has 1 N–H and O–H groups in total. The Hall–Kier alpha value is -4.99. The molecule has 0 spiro atoms. The molecule has 0 aliphatic carbocycles. The van der Waals surface area contributed by atoms with Crippen LogP contribution in [0.2, 0.25) is 0 Å². The molecule has 0 amide bonds. The Labute approximate surface area is 295 Å². The topological polar surface area (TPSA) is 146 Å². The van der Waals surface area contributed by atoms with Crippen molar-refractivity contribution in [3.8, 4) is 0 Å². The van der Waals surface area contributed by atoms with Gasteiger partial charge in [0.2, 0.25) is 0 Å². The van der Waals surface area contributed by atoms with Gasteiger partial charge >= 0.3 is 29.0 Å². The summed E-state index contributed by atoms with van der Waals surface area (Å²) in [7, 11) is 2.78. The second kappa shape index (κ2) is 16.4. The van der Waals surface area contributed by atoms with E-state index < -0.39 is 5.97 Å². The van der Waals surface area contributed by atoms with Crippen molar-refractivity contribution in [2.75, 3.05) is 14.2 Å². The predicted molar refractivity (Wildman–Crippen MR) is 185 cm³/mol. The van der Waals surface area contributed by atoms with Crippen molar-refractivity contribution in [2.24, 2.45) is 0 Å². The molecule has 8 bridgehead atoms. The fraction of sp³-hybridized carbons (Fsp3) is 0.289. The number of hydrogen-bond acceptors (Lipinski definition) is 5. The number of methoxy groups -OCH3 is 2. The van der Waals surface area contributed by atoms with Crippen molar-refractivity contribution in [3.63, 3.8) is 0 Å². The normalized spacial score (nSPS) is 14.0. The van der Waals surface area contributed by atoms with Gasteiger partial charge in [-0.15, -0.1) is 44.2 Å². The molecule has 5 heterocycles. The van der Waals surface area contributed by atoms with Gasteiger partial charge in [-0.1, -0.05) is 83.0 Å². The van der Waals surface area contributed by atoms with Crippen LogP contribution in [0, 0.1) is 27.7 Å².